The summed E-state index contributed by atoms with van der Waals surface area (Å²) in [6.07, 6.45) is -8.36. The zero-order valence-corrected chi connectivity index (χ0v) is 74.9. The number of nitrogens with one attached hydrogen (secondary N) is 14. The molecule has 0 spiro atoms. The number of phenols is 2. The molecule has 1 aliphatic rings. The quantitative estimate of drug-likeness (QED) is 0.0127. The number of amides is 16. The number of carboxylic acids is 1. The summed E-state index contributed by atoms with van der Waals surface area (Å²) in [5.74, 6) is -21.1. The van der Waals surface area contributed by atoms with Gasteiger partial charge in [0.25, 0.3) is 0 Å². The van der Waals surface area contributed by atoms with Crippen LogP contribution in [-0.4, -0.2) is 318 Å². The highest BCUT2D eigenvalue weighted by molar-refractivity contribution is 7.81. The van der Waals surface area contributed by atoms with Crippen molar-refractivity contribution in [3.8, 4) is 11.5 Å². The van der Waals surface area contributed by atoms with E-state index in [1.54, 1.807) is 27.7 Å². The van der Waals surface area contributed by atoms with Crippen LogP contribution in [0, 0.1) is 11.8 Å². The Morgan fingerprint density at radius 1 is 0.488 bits per heavy atom. The first kappa shape index (κ1) is 112. The molecule has 129 heavy (non-hydrogen) atoms. The van der Waals surface area contributed by atoms with Crippen LogP contribution < -0.4 is 120 Å². The van der Waals surface area contributed by atoms with Crippen LogP contribution in [0.5, 0.6) is 11.5 Å². The van der Waals surface area contributed by atoms with Gasteiger partial charge in [-0.25, -0.2) is 4.79 Å². The summed E-state index contributed by atoms with van der Waals surface area (Å²) >= 11 is 8.75. The zero-order valence-electron chi connectivity index (χ0n) is 73.2. The van der Waals surface area contributed by atoms with E-state index >= 15 is 0 Å². The number of aromatic hydroxyl groups is 2. The smallest absolute Gasteiger partial charge is 0.326 e. The van der Waals surface area contributed by atoms with Crippen molar-refractivity contribution in [2.24, 2.45) is 62.7 Å². The number of rotatable bonds is 56. The van der Waals surface area contributed by atoms with E-state index in [4.69, 9.17) is 45.9 Å². The normalized spacial score (nSPS) is 17.3. The van der Waals surface area contributed by atoms with Crippen LogP contribution in [0.4, 0.5) is 0 Å². The monoisotopic (exact) mass is 1860 g/mol. The summed E-state index contributed by atoms with van der Waals surface area (Å²) in [5, 5.41) is 106. The van der Waals surface area contributed by atoms with E-state index in [0.29, 0.717) is 5.56 Å². The first-order chi connectivity index (χ1) is 60.5. The van der Waals surface area contributed by atoms with Crippen LogP contribution in [0.3, 0.4) is 0 Å². The van der Waals surface area contributed by atoms with E-state index < -0.39 is 271 Å². The van der Waals surface area contributed by atoms with Gasteiger partial charge in [0.05, 0.1) is 37.4 Å². The van der Waals surface area contributed by atoms with Crippen LogP contribution in [0.2, 0.25) is 0 Å². The van der Waals surface area contributed by atoms with Gasteiger partial charge in [-0.15, -0.1) is 0 Å². The van der Waals surface area contributed by atoms with Crippen LogP contribution >= 0.6 is 25.3 Å². The third kappa shape index (κ3) is 37.0. The summed E-state index contributed by atoms with van der Waals surface area (Å²) < 4.78 is -1.49. The molecule has 37 N–H and O–H groups in total. The fourth-order valence-electron chi connectivity index (χ4n) is 13.0. The van der Waals surface area contributed by atoms with Crippen LogP contribution in [0.15, 0.2) is 53.5 Å². The van der Waals surface area contributed by atoms with Crippen molar-refractivity contribution in [3.05, 3.63) is 59.7 Å². The molecule has 0 aromatic heterocycles. The topological polar surface area (TPSA) is 824 Å². The average molecular weight is 1860 g/mol. The first-order valence-electron chi connectivity index (χ1n) is 41.7. The van der Waals surface area contributed by atoms with E-state index in [1.165, 1.54) is 62.4 Å². The van der Waals surface area contributed by atoms with Gasteiger partial charge in [-0.2, -0.15) is 25.3 Å². The lowest BCUT2D eigenvalue weighted by Gasteiger charge is -2.34. The minimum Gasteiger partial charge on any atom is -0.508 e. The summed E-state index contributed by atoms with van der Waals surface area (Å²) in [7, 11) is 0. The molecule has 2 aromatic carbocycles. The number of thiol groups is 2. The van der Waals surface area contributed by atoms with Crippen LogP contribution in [0.1, 0.15) is 124 Å². The number of carbonyl (C=O) groups is 17. The molecule has 1 aliphatic heterocycles. The Bertz CT molecular complexity index is 4170. The number of nitrogens with zero attached hydrogens (tertiary/aromatic N) is 2. The molecular formula is C79H130N24O24S2. The maximum absolute atomic E-state index is 14.7. The van der Waals surface area contributed by atoms with Gasteiger partial charge in [-0.1, -0.05) is 58.4 Å². The molecule has 3 rings (SSSR count). The molecule has 48 nitrogen and oxygen atoms in total. The molecular weight excluding hydrogens is 1730 g/mol. The van der Waals surface area contributed by atoms with E-state index in [-0.39, 0.29) is 107 Å². The number of aliphatic hydroxyl groups excluding tert-OH is 4. The number of carbonyl (C=O) groups excluding carboxylic acids is 16. The maximum atomic E-state index is 14.7. The summed E-state index contributed by atoms with van der Waals surface area (Å²) in [6, 6.07) is -15.7. The fraction of sp³-hybridized carbons (Fsp3) is 0.620. The lowest BCUT2D eigenvalue weighted by atomic mass is 9.95. The van der Waals surface area contributed by atoms with Gasteiger partial charge in [0.1, 0.15) is 102 Å². The number of hydrogen-bond acceptors (Lipinski definition) is 31. The Labute approximate surface area is 756 Å². The van der Waals surface area contributed by atoms with Crippen molar-refractivity contribution in [2.45, 2.75) is 246 Å². The number of carboxylic acid groups (broad SMARTS) is 1. The number of nitrogens with two attached hydrogens (primary N) is 8. The van der Waals surface area contributed by atoms with Gasteiger partial charge < -0.3 is 161 Å². The van der Waals surface area contributed by atoms with Crippen LogP contribution in [-0.2, 0) is 94.3 Å². The number of phenolic OH excluding ortho intramolecular Hbond substituents is 2. The largest absolute Gasteiger partial charge is 0.508 e. The number of β-amino-alcohol motifs (C(OH)–C–C–N with tert-alkyl or cyclic N) is 1. The Kier molecular flexibility index (Phi) is 47.5. The number of aliphatic carboxylic acids is 1. The lowest BCUT2D eigenvalue weighted by Crippen LogP contribution is -2.64. The fourth-order valence-corrected chi connectivity index (χ4v) is 13.4. The standard InChI is InChI=1S/C79H130N24O24S2/c1-9-37(4)58(99-71(120)55-31-44(109)33-103(55)76(125)57(85)36(2)3)72(121)102-61(79(7,8)129)75(124)95-50(29-40-12-16-42(107)17-13-40)68(117)101-60(39(6)106)74(123)94-51(32-56(84)110)67(116)89-45(11-10-28-88-78(86)87)62(111)91-49(23-27-83)66(115)100-59(38(5)105)73(122)93-48(22-26-82)64(113)97-53(34-104)69(118)92-46(20-24-80)63(112)90-47(21-25-81)65(114)98-54(35-128)70(119)96-52(77(126)127)30-41-14-18-43(108)19-15-41/h12-19,36-39,44-55,57-61,104-109,128-129H,9-11,20-35,80-83,85H2,1-8H3,(H2,84,110)(H,89,116)(H,90,112)(H,91,111)(H,92,118)(H,93,122)(H,94,123)(H,95,124)(H,96,119)(H,97,113)(H,98,114)(H,99,120)(H,100,115)(H,101,117)(H,102,121)(H,126,127)(H4,86,87,88)/t37-,38+,39+,44+,45-,46-,47-,48+,49-,50-,51-,52-,53-,54-,55-,57-,58-,59-,60-,61+/m0/s1. The third-order valence-electron chi connectivity index (χ3n) is 20.6. The van der Waals surface area contributed by atoms with E-state index in [1.807, 2.05) is 0 Å². The Balaban J connectivity index is 1.89. The summed E-state index contributed by atoms with van der Waals surface area (Å²) in [4.78, 5) is 242. The number of benzene rings is 2. The molecule has 0 aliphatic carbocycles. The molecule has 0 bridgehead atoms. The molecule has 50 heteroatoms. The number of aliphatic hydroxyl groups is 4. The number of primary amides is 1. The van der Waals surface area contributed by atoms with Crippen molar-refractivity contribution in [1.82, 2.24) is 79.3 Å². The molecule has 1 fully saturated rings. The summed E-state index contributed by atoms with van der Waals surface area (Å²) in [6.45, 7) is 8.91. The maximum Gasteiger partial charge on any atom is 0.326 e. The first-order valence-corrected chi connectivity index (χ1v) is 42.8. The van der Waals surface area contributed by atoms with Crippen molar-refractivity contribution in [3.63, 3.8) is 0 Å². The molecule has 0 radical (unpaired) electrons. The Morgan fingerprint density at radius 3 is 1.23 bits per heavy atom. The summed E-state index contributed by atoms with van der Waals surface area (Å²) in [5.41, 5.74) is 46.8. The Morgan fingerprint density at radius 2 is 0.845 bits per heavy atom. The minimum absolute atomic E-state index is 0.0910. The van der Waals surface area contributed by atoms with Gasteiger partial charge in [-0.3, -0.25) is 81.7 Å². The molecule has 0 saturated carbocycles. The average Bonchev–Trinajstić information content (AvgIpc) is 1.60. The molecule has 722 valence electrons. The van der Waals surface area contributed by atoms with E-state index in [2.05, 4.69) is 105 Å². The number of likely N-dealkylation sites (tertiary alicyclic amines) is 1. The minimum atomic E-state index is -2.08. The molecule has 0 unspecified atom stereocenters. The van der Waals surface area contributed by atoms with Crippen molar-refractivity contribution < 1.29 is 117 Å². The Hall–Kier alpha value is -11.4. The lowest BCUT2D eigenvalue weighted by molar-refractivity contribution is -0.142. The van der Waals surface area contributed by atoms with Gasteiger partial charge in [0.2, 0.25) is 94.5 Å². The van der Waals surface area contributed by atoms with Gasteiger partial charge in [0.15, 0.2) is 5.96 Å². The predicted octanol–water partition coefficient (Wildman–Crippen LogP) is -11.5. The number of aliphatic imine (C=N–C) groups is 1. The van der Waals surface area contributed by atoms with E-state index in [0.717, 1.165) is 18.7 Å². The van der Waals surface area contributed by atoms with Crippen molar-refractivity contribution >= 4 is 132 Å². The second-order valence-electron chi connectivity index (χ2n) is 32.1. The highest BCUT2D eigenvalue weighted by atomic mass is 32.1. The number of hydrogen-bond donors (Lipinski definition) is 31. The van der Waals surface area contributed by atoms with E-state index in [9.17, 15) is 117 Å². The van der Waals surface area contributed by atoms with Crippen molar-refractivity contribution in [1.29, 1.82) is 0 Å². The van der Waals surface area contributed by atoms with Crippen LogP contribution in [0.25, 0.3) is 0 Å². The second-order valence-corrected chi connectivity index (χ2v) is 33.6. The van der Waals surface area contributed by atoms with Gasteiger partial charge in [0, 0.05) is 42.9 Å². The molecule has 20 atom stereocenters. The molecule has 16 amide bonds. The SMILES string of the molecule is CC[C@H](C)[C@H](NC(=O)[C@@H]1C[C@@H](O)CN1C(=O)[C@@H](N)C(C)C)C(=O)N[C@H](C(=O)N[C@@H](Cc1ccc(O)cc1)C(=O)N[C@H](C(=O)N[C@@H](CC(N)=O)C(=O)N[C@@H](CCCN=C(N)N)C(=O)N[C@@H](CCN)C(=O)N[C@H](C(=O)N[C@H](CCN)C(=O)N[C@@H](CO)C(=O)N[C@@H](CCN)C(=O)N[C@@H](CCN)C(=O)N[C@@H](CS)C(=O)N[C@@H](Cc1ccc(O)cc1)C(=O)O)[C@@H](C)O)[C@@H](C)O)C(C)(C)S. The molecule has 1 saturated heterocycles. The molecule has 2 aromatic rings. The third-order valence-corrected chi connectivity index (χ3v) is 21.3. The van der Waals surface area contributed by atoms with Gasteiger partial charge in [-0.05, 0) is 140 Å². The second kappa shape index (κ2) is 54.8. The highest BCUT2D eigenvalue weighted by Crippen LogP contribution is 2.24. The highest BCUT2D eigenvalue weighted by Gasteiger charge is 2.46. The van der Waals surface area contributed by atoms with Gasteiger partial charge >= 0.3 is 5.97 Å². The number of guanidine groups is 1. The zero-order chi connectivity index (χ0) is 97.6. The van der Waals surface area contributed by atoms with Crippen molar-refractivity contribution in [2.75, 3.05) is 51.6 Å². The molecule has 1 heterocycles. The predicted molar refractivity (Wildman–Crippen MR) is 472 cm³/mol.